The summed E-state index contributed by atoms with van der Waals surface area (Å²) < 4.78 is 6.16. The van der Waals surface area contributed by atoms with Gasteiger partial charge in [0, 0.05) is 9.13 Å². The van der Waals surface area contributed by atoms with E-state index in [-0.39, 0.29) is 0 Å². The maximum Gasteiger partial charge on any atom is 0.409 e. The van der Waals surface area contributed by atoms with Gasteiger partial charge in [-0.05, 0) is 67.1 Å². The van der Waals surface area contributed by atoms with Gasteiger partial charge in [0.15, 0.2) is 0 Å². The van der Waals surface area contributed by atoms with Crippen molar-refractivity contribution in [3.8, 4) is 6.07 Å². The molecule has 1 heterocycles. The Kier molecular flexibility index (Phi) is 5.35. The predicted molar refractivity (Wildman–Crippen MR) is 113 cm³/mol. The van der Waals surface area contributed by atoms with Crippen LogP contribution in [0.15, 0.2) is 48.5 Å². The van der Waals surface area contributed by atoms with Crippen LogP contribution in [0.4, 0.5) is 10.5 Å². The third kappa shape index (κ3) is 3.83. The van der Waals surface area contributed by atoms with Crippen LogP contribution in [0.25, 0.3) is 0 Å². The zero-order valence-corrected chi connectivity index (χ0v) is 18.0. The summed E-state index contributed by atoms with van der Waals surface area (Å²) in [5.41, 5.74) is -0.597. The van der Waals surface area contributed by atoms with Crippen molar-refractivity contribution in [3.63, 3.8) is 0 Å². The van der Waals surface area contributed by atoms with Gasteiger partial charge in [-0.3, -0.25) is 10.1 Å². The van der Waals surface area contributed by atoms with Crippen molar-refractivity contribution >= 4 is 40.3 Å². The van der Waals surface area contributed by atoms with E-state index in [2.05, 4.69) is 27.9 Å². The zero-order chi connectivity index (χ0) is 20.5. The third-order valence-electron chi connectivity index (χ3n) is 4.26. The zero-order valence-electron chi connectivity index (χ0n) is 15.8. The lowest BCUT2D eigenvalue weighted by atomic mass is 9.93. The molecule has 0 saturated heterocycles. The molecule has 28 heavy (non-hydrogen) atoms. The van der Waals surface area contributed by atoms with Crippen molar-refractivity contribution in [2.45, 2.75) is 38.5 Å². The van der Waals surface area contributed by atoms with Crippen LogP contribution >= 0.6 is 22.6 Å². The first-order valence-electron chi connectivity index (χ1n) is 8.74. The number of carbonyl (C=O) groups is 2. The minimum atomic E-state index is -1.83. The van der Waals surface area contributed by atoms with E-state index in [1.165, 1.54) is 4.90 Å². The van der Waals surface area contributed by atoms with E-state index in [9.17, 15) is 14.9 Å². The molecule has 0 bridgehead atoms. The smallest absolute Gasteiger partial charge is 0.409 e. The maximum atomic E-state index is 13.4. The third-order valence-corrected chi connectivity index (χ3v) is 4.93. The molecule has 1 aliphatic heterocycles. The molecule has 0 spiro atoms. The molecular formula is C21H20IN3O3. The van der Waals surface area contributed by atoms with Crippen molar-refractivity contribution in [2.24, 2.45) is 0 Å². The van der Waals surface area contributed by atoms with E-state index in [0.29, 0.717) is 17.8 Å². The van der Waals surface area contributed by atoms with E-state index in [0.717, 1.165) is 9.13 Å². The monoisotopic (exact) mass is 489 g/mol. The number of nitriles is 1. The lowest BCUT2D eigenvalue weighted by Crippen LogP contribution is -2.53. The molecule has 1 atom stereocenters. The van der Waals surface area contributed by atoms with E-state index >= 15 is 0 Å². The predicted octanol–water partition coefficient (Wildman–Crippen LogP) is 4.08. The average Bonchev–Trinajstić information content (AvgIpc) is 2.83. The molecule has 0 aliphatic carbocycles. The molecule has 0 unspecified atom stereocenters. The van der Waals surface area contributed by atoms with E-state index in [1.807, 2.05) is 42.5 Å². The number of nitrogens with zero attached hydrogens (tertiary/aromatic N) is 2. The number of rotatable bonds is 3. The molecule has 3 rings (SSSR count). The first-order chi connectivity index (χ1) is 13.2. The molecule has 1 aliphatic rings. The summed E-state index contributed by atoms with van der Waals surface area (Å²) in [6.45, 7) is 5.47. The van der Waals surface area contributed by atoms with Crippen molar-refractivity contribution in [3.05, 3.63) is 63.2 Å². The molecule has 0 fully saturated rings. The molecule has 2 aromatic rings. The van der Waals surface area contributed by atoms with Gasteiger partial charge in [-0.15, -0.1) is 0 Å². The molecule has 0 saturated carbocycles. The maximum absolute atomic E-state index is 13.4. The summed E-state index contributed by atoms with van der Waals surface area (Å²) in [6.07, 6.45) is -0.811. The van der Waals surface area contributed by atoms with Gasteiger partial charge in [0.2, 0.25) is 5.54 Å². The van der Waals surface area contributed by atoms with Crippen LogP contribution in [0.5, 0.6) is 0 Å². The lowest BCUT2D eigenvalue weighted by Gasteiger charge is -2.26. The highest BCUT2D eigenvalue weighted by Crippen LogP contribution is 2.41. The highest BCUT2D eigenvalue weighted by molar-refractivity contribution is 14.1. The van der Waals surface area contributed by atoms with Gasteiger partial charge in [0.05, 0.1) is 12.2 Å². The Labute approximate surface area is 177 Å². The van der Waals surface area contributed by atoms with Gasteiger partial charge in [0.25, 0.3) is 5.91 Å². The largest absolute Gasteiger partial charge is 0.444 e. The van der Waals surface area contributed by atoms with E-state index in [1.54, 1.807) is 32.9 Å². The Morgan fingerprint density at radius 3 is 2.54 bits per heavy atom. The summed E-state index contributed by atoms with van der Waals surface area (Å²) >= 11 is 2.12. The molecule has 0 radical (unpaired) electrons. The fourth-order valence-corrected chi connectivity index (χ4v) is 3.60. The van der Waals surface area contributed by atoms with Crippen LogP contribution in [0.3, 0.4) is 0 Å². The molecule has 144 valence electrons. The van der Waals surface area contributed by atoms with Crippen LogP contribution in [-0.2, 0) is 21.6 Å². The second kappa shape index (κ2) is 7.43. The molecule has 7 heteroatoms. The molecule has 6 nitrogen and oxygen atoms in total. The highest BCUT2D eigenvalue weighted by atomic mass is 127. The van der Waals surface area contributed by atoms with Gasteiger partial charge in [-0.25, -0.2) is 4.79 Å². The molecular weight excluding hydrogens is 469 g/mol. The number of ether oxygens (including phenoxy) is 1. The van der Waals surface area contributed by atoms with Gasteiger partial charge in [-0.1, -0.05) is 30.3 Å². The SMILES string of the molecule is CC(C)(C)OC(=O)N[C@]1(C#N)C(=O)N(Cc2ccccc2)c2ccc(I)cc21. The van der Waals surface area contributed by atoms with E-state index in [4.69, 9.17) is 4.74 Å². The number of halogens is 1. The van der Waals surface area contributed by atoms with Crippen LogP contribution in [0.1, 0.15) is 31.9 Å². The van der Waals surface area contributed by atoms with Crippen molar-refractivity contribution in [2.75, 3.05) is 4.90 Å². The first kappa shape index (κ1) is 20.1. The lowest BCUT2D eigenvalue weighted by molar-refractivity contribution is -0.122. The summed E-state index contributed by atoms with van der Waals surface area (Å²) in [6, 6.07) is 17.0. The Morgan fingerprint density at radius 2 is 1.93 bits per heavy atom. The topological polar surface area (TPSA) is 82.4 Å². The molecule has 0 aromatic heterocycles. The summed E-state index contributed by atoms with van der Waals surface area (Å²) in [5, 5.41) is 12.5. The number of amides is 2. The minimum absolute atomic E-state index is 0.298. The molecule has 1 N–H and O–H groups in total. The Balaban J connectivity index is 2.03. The number of hydrogen-bond acceptors (Lipinski definition) is 4. The number of anilines is 1. The Bertz CT molecular complexity index is 963. The van der Waals surface area contributed by atoms with Crippen LogP contribution in [0.2, 0.25) is 0 Å². The number of fused-ring (bicyclic) bond motifs is 1. The number of alkyl carbamates (subject to hydrolysis) is 1. The second-order valence-electron chi connectivity index (χ2n) is 7.53. The van der Waals surface area contributed by atoms with Crippen LogP contribution in [-0.4, -0.2) is 17.6 Å². The summed E-state index contributed by atoms with van der Waals surface area (Å²) in [5.74, 6) is -0.498. The van der Waals surface area contributed by atoms with Gasteiger partial charge in [0.1, 0.15) is 11.7 Å². The number of hydrogen-bond donors (Lipinski definition) is 1. The first-order valence-corrected chi connectivity index (χ1v) is 9.82. The summed E-state index contributed by atoms with van der Waals surface area (Å²) in [4.78, 5) is 27.3. The van der Waals surface area contributed by atoms with Gasteiger partial charge in [-0.2, -0.15) is 5.26 Å². The number of carbonyl (C=O) groups excluding carboxylic acids is 2. The second-order valence-corrected chi connectivity index (χ2v) is 8.77. The standard InChI is InChI=1S/C21H20IN3O3/c1-20(2,3)28-19(27)24-21(13-23)16-11-15(22)9-10-17(16)25(18(21)26)12-14-7-5-4-6-8-14/h4-11H,12H2,1-3H3,(H,24,27)/t21-/m0/s1. The average molecular weight is 489 g/mol. The number of nitrogens with one attached hydrogen (secondary N) is 1. The van der Waals surface area contributed by atoms with Crippen molar-refractivity contribution in [1.29, 1.82) is 5.26 Å². The highest BCUT2D eigenvalue weighted by Gasteiger charge is 2.53. The van der Waals surface area contributed by atoms with Crippen molar-refractivity contribution < 1.29 is 14.3 Å². The fraction of sp³-hybridized carbons (Fsp3) is 0.286. The quantitative estimate of drug-likeness (QED) is 0.659. The fourth-order valence-electron chi connectivity index (χ4n) is 3.11. The molecule has 2 amide bonds. The summed E-state index contributed by atoms with van der Waals surface area (Å²) in [7, 11) is 0. The Hall–Kier alpha value is -2.60. The normalized spacial score (nSPS) is 18.4. The van der Waals surface area contributed by atoms with Crippen molar-refractivity contribution in [1.82, 2.24) is 5.32 Å². The number of benzene rings is 2. The minimum Gasteiger partial charge on any atom is -0.444 e. The van der Waals surface area contributed by atoms with Gasteiger partial charge < -0.3 is 9.64 Å². The Morgan fingerprint density at radius 1 is 1.25 bits per heavy atom. The van der Waals surface area contributed by atoms with Crippen LogP contribution in [0, 0.1) is 14.9 Å². The van der Waals surface area contributed by atoms with Gasteiger partial charge >= 0.3 is 6.09 Å². The van der Waals surface area contributed by atoms with E-state index < -0.39 is 23.1 Å². The molecule has 2 aromatic carbocycles. The van der Waals surface area contributed by atoms with Crippen LogP contribution < -0.4 is 10.2 Å².